The highest BCUT2D eigenvalue weighted by Crippen LogP contribution is 2.26. The van der Waals surface area contributed by atoms with Gasteiger partial charge in [0.1, 0.15) is 11.6 Å². The van der Waals surface area contributed by atoms with E-state index in [1.54, 1.807) is 31.4 Å². The summed E-state index contributed by atoms with van der Waals surface area (Å²) in [6, 6.07) is 11.0. The maximum atomic E-state index is 13.3. The van der Waals surface area contributed by atoms with Crippen LogP contribution in [0.5, 0.6) is 11.6 Å². The molecule has 31 heavy (non-hydrogen) atoms. The maximum Gasteiger partial charge on any atom is 0.219 e. The van der Waals surface area contributed by atoms with Crippen LogP contribution in [0.25, 0.3) is 0 Å². The molecule has 0 radical (unpaired) electrons. The molecule has 2 N–H and O–H groups in total. The van der Waals surface area contributed by atoms with Crippen LogP contribution < -0.4 is 15.4 Å². The van der Waals surface area contributed by atoms with Crippen molar-refractivity contribution >= 4 is 29.9 Å². The Hall–Kier alpha value is -1.94. The van der Waals surface area contributed by atoms with Crippen LogP contribution in [0.2, 0.25) is 0 Å². The van der Waals surface area contributed by atoms with Crippen LogP contribution in [0.1, 0.15) is 37.7 Å². The summed E-state index contributed by atoms with van der Waals surface area (Å²) in [5.74, 6) is 1.35. The van der Waals surface area contributed by atoms with Crippen molar-refractivity contribution < 1.29 is 9.13 Å². The molecular formula is C23H31FIN5O. The molecule has 2 aliphatic rings. The molecule has 1 unspecified atom stereocenters. The lowest BCUT2D eigenvalue weighted by Gasteiger charge is -2.24. The predicted octanol–water partition coefficient (Wildman–Crippen LogP) is 4.31. The average molecular weight is 539 g/mol. The minimum absolute atomic E-state index is 0. The molecule has 2 fully saturated rings. The third-order valence-corrected chi connectivity index (χ3v) is 5.90. The number of hydrogen-bond donors (Lipinski definition) is 2. The molecule has 4 rings (SSSR count). The van der Waals surface area contributed by atoms with Gasteiger partial charge < -0.3 is 15.4 Å². The summed E-state index contributed by atoms with van der Waals surface area (Å²) in [4.78, 5) is 11.3. The number of likely N-dealkylation sites (tertiary alicyclic amines) is 1. The fourth-order valence-electron chi connectivity index (χ4n) is 4.31. The van der Waals surface area contributed by atoms with Crippen molar-refractivity contribution in [3.8, 4) is 11.6 Å². The van der Waals surface area contributed by atoms with Crippen molar-refractivity contribution in [3.05, 3.63) is 54.0 Å². The number of guanidine groups is 1. The Morgan fingerprint density at radius 3 is 2.77 bits per heavy atom. The first kappa shape index (κ1) is 23.7. The molecular weight excluding hydrogens is 508 g/mol. The summed E-state index contributed by atoms with van der Waals surface area (Å²) in [6.07, 6.45) is 8.37. The number of ether oxygens (including phenoxy) is 1. The molecule has 0 bridgehead atoms. The Bertz CT molecular complexity index is 857. The monoisotopic (exact) mass is 539 g/mol. The van der Waals surface area contributed by atoms with Crippen molar-refractivity contribution in [2.75, 3.05) is 20.1 Å². The first-order chi connectivity index (χ1) is 14.7. The lowest BCUT2D eigenvalue weighted by atomic mass is 10.2. The van der Waals surface area contributed by atoms with E-state index in [1.807, 2.05) is 6.07 Å². The van der Waals surface area contributed by atoms with Gasteiger partial charge in [-0.3, -0.25) is 9.89 Å². The van der Waals surface area contributed by atoms with Crippen LogP contribution in [0, 0.1) is 5.82 Å². The molecule has 8 heteroatoms. The predicted molar refractivity (Wildman–Crippen MR) is 132 cm³/mol. The third-order valence-electron chi connectivity index (χ3n) is 5.90. The number of rotatable bonds is 6. The lowest BCUT2D eigenvalue weighted by molar-refractivity contribution is 0.242. The van der Waals surface area contributed by atoms with Crippen molar-refractivity contribution in [2.24, 2.45) is 4.99 Å². The van der Waals surface area contributed by atoms with E-state index in [2.05, 4.69) is 25.5 Å². The van der Waals surface area contributed by atoms with Gasteiger partial charge in [0.05, 0.1) is 0 Å². The standard InChI is InChI=1S/C23H30FN5O.HI/c1-25-23(28-19-11-12-29(16-19)20-6-2-3-7-20)27-15-17-9-10-22(26-14-17)30-21-8-4-5-18(24)13-21;/h4-5,8-10,13-14,19-20H,2-3,6-7,11-12,15-16H2,1H3,(H2,25,27,28);1H. The largest absolute Gasteiger partial charge is 0.439 e. The van der Waals surface area contributed by atoms with E-state index >= 15 is 0 Å². The summed E-state index contributed by atoms with van der Waals surface area (Å²) in [5.41, 5.74) is 1.02. The second-order valence-corrected chi connectivity index (χ2v) is 8.05. The summed E-state index contributed by atoms with van der Waals surface area (Å²) in [7, 11) is 1.80. The number of nitrogens with one attached hydrogen (secondary N) is 2. The van der Waals surface area contributed by atoms with Gasteiger partial charge in [-0.05, 0) is 37.0 Å². The first-order valence-electron chi connectivity index (χ1n) is 10.8. The molecule has 168 valence electrons. The zero-order valence-electron chi connectivity index (χ0n) is 17.9. The molecule has 1 aliphatic heterocycles. The molecule has 2 aromatic rings. The van der Waals surface area contributed by atoms with E-state index in [0.29, 0.717) is 24.2 Å². The van der Waals surface area contributed by atoms with Gasteiger partial charge in [0.15, 0.2) is 5.96 Å². The summed E-state index contributed by atoms with van der Waals surface area (Å²) in [6.45, 7) is 2.89. The van der Waals surface area contributed by atoms with Crippen LogP contribution in [0.15, 0.2) is 47.6 Å². The second kappa shape index (κ2) is 11.6. The molecule has 1 aromatic carbocycles. The van der Waals surface area contributed by atoms with Crippen LogP contribution in [-0.2, 0) is 6.54 Å². The molecule has 6 nitrogen and oxygen atoms in total. The quantitative estimate of drug-likeness (QED) is 0.326. The molecule has 1 saturated carbocycles. The van der Waals surface area contributed by atoms with Crippen LogP contribution in [0.3, 0.4) is 0 Å². The zero-order valence-corrected chi connectivity index (χ0v) is 20.2. The van der Waals surface area contributed by atoms with Crippen molar-refractivity contribution in [3.63, 3.8) is 0 Å². The number of aromatic nitrogens is 1. The van der Waals surface area contributed by atoms with Crippen molar-refractivity contribution in [1.82, 2.24) is 20.5 Å². The number of pyridine rings is 1. The Kier molecular flexibility index (Phi) is 8.89. The summed E-state index contributed by atoms with van der Waals surface area (Å²) in [5, 5.41) is 6.92. The van der Waals surface area contributed by atoms with Crippen LogP contribution >= 0.6 is 24.0 Å². The average Bonchev–Trinajstić information content (AvgIpc) is 3.44. The van der Waals surface area contributed by atoms with Gasteiger partial charge in [-0.25, -0.2) is 9.37 Å². The summed E-state index contributed by atoms with van der Waals surface area (Å²) >= 11 is 0. The summed E-state index contributed by atoms with van der Waals surface area (Å²) < 4.78 is 18.9. The third kappa shape index (κ3) is 6.77. The molecule has 1 saturated heterocycles. The number of halogens is 2. The van der Waals surface area contributed by atoms with E-state index in [0.717, 1.165) is 30.5 Å². The highest BCUT2D eigenvalue weighted by molar-refractivity contribution is 14.0. The van der Waals surface area contributed by atoms with E-state index < -0.39 is 0 Å². The number of aliphatic imine (C=N–C) groups is 1. The van der Waals surface area contributed by atoms with E-state index in [4.69, 9.17) is 4.74 Å². The highest BCUT2D eigenvalue weighted by Gasteiger charge is 2.30. The minimum atomic E-state index is -0.333. The van der Waals surface area contributed by atoms with E-state index in [-0.39, 0.29) is 29.8 Å². The molecule has 0 amide bonds. The van der Waals surface area contributed by atoms with Gasteiger partial charge in [-0.2, -0.15) is 0 Å². The molecule has 2 heterocycles. The smallest absolute Gasteiger partial charge is 0.219 e. The Balaban J connectivity index is 0.00000272. The van der Waals surface area contributed by atoms with Gasteiger partial charge >= 0.3 is 0 Å². The molecule has 1 aromatic heterocycles. The molecule has 1 aliphatic carbocycles. The van der Waals surface area contributed by atoms with Gasteiger partial charge in [-0.15, -0.1) is 24.0 Å². The van der Waals surface area contributed by atoms with Crippen LogP contribution in [0.4, 0.5) is 4.39 Å². The Morgan fingerprint density at radius 2 is 2.06 bits per heavy atom. The fraction of sp³-hybridized carbons (Fsp3) is 0.478. The zero-order chi connectivity index (χ0) is 20.8. The highest BCUT2D eigenvalue weighted by atomic mass is 127. The van der Waals surface area contributed by atoms with Crippen molar-refractivity contribution in [1.29, 1.82) is 0 Å². The van der Waals surface area contributed by atoms with Crippen LogP contribution in [-0.4, -0.2) is 48.1 Å². The van der Waals surface area contributed by atoms with Gasteiger partial charge in [0, 0.05) is 57.1 Å². The Labute approximate surface area is 200 Å². The van der Waals surface area contributed by atoms with Gasteiger partial charge in [-0.1, -0.05) is 25.0 Å². The SMILES string of the molecule is CN=C(NCc1ccc(Oc2cccc(F)c2)nc1)NC1CCN(C2CCCC2)C1.I. The number of hydrogen-bond acceptors (Lipinski definition) is 4. The lowest BCUT2D eigenvalue weighted by Crippen LogP contribution is -2.45. The molecule has 1 atom stereocenters. The second-order valence-electron chi connectivity index (χ2n) is 8.05. The topological polar surface area (TPSA) is 61.8 Å². The van der Waals surface area contributed by atoms with Gasteiger partial charge in [0.2, 0.25) is 5.88 Å². The molecule has 0 spiro atoms. The van der Waals surface area contributed by atoms with E-state index in [1.165, 1.54) is 44.4 Å². The number of nitrogens with zero attached hydrogens (tertiary/aromatic N) is 3. The first-order valence-corrected chi connectivity index (χ1v) is 10.8. The maximum absolute atomic E-state index is 13.3. The fourth-order valence-corrected chi connectivity index (χ4v) is 4.31. The van der Waals surface area contributed by atoms with Crippen molar-refractivity contribution in [2.45, 2.75) is 50.7 Å². The minimum Gasteiger partial charge on any atom is -0.439 e. The number of benzene rings is 1. The Morgan fingerprint density at radius 1 is 1.23 bits per heavy atom. The van der Waals surface area contributed by atoms with Gasteiger partial charge in [0.25, 0.3) is 0 Å². The normalized spacial score (nSPS) is 19.8. The van der Waals surface area contributed by atoms with E-state index in [9.17, 15) is 4.39 Å².